The number of carbonyl (C=O) groups is 1. The fraction of sp³-hybridized carbons (Fsp3) is 0.667. The van der Waals surface area contributed by atoms with Gasteiger partial charge in [0, 0.05) is 5.92 Å². The molecule has 0 aliphatic carbocycles. The maximum Gasteiger partial charge on any atom is 0.223 e. The van der Waals surface area contributed by atoms with Gasteiger partial charge in [-0.15, -0.1) is 0 Å². The van der Waals surface area contributed by atoms with Crippen molar-refractivity contribution in [3.63, 3.8) is 0 Å². The first-order valence-corrected chi connectivity index (χ1v) is 4.70. The predicted molar refractivity (Wildman–Crippen MR) is 52.5 cm³/mol. The third-order valence-electron chi connectivity index (χ3n) is 1.88. The van der Waals surface area contributed by atoms with Gasteiger partial charge >= 0.3 is 0 Å². The average Bonchev–Trinajstić information content (AvgIpc) is 2.51. The lowest BCUT2D eigenvalue weighted by Gasteiger charge is -2.12. The minimum Gasteiger partial charge on any atom is -0.346 e. The van der Waals surface area contributed by atoms with Crippen LogP contribution in [0.15, 0.2) is 0 Å². The molecular weight excluding hydrogens is 180 g/mol. The molecule has 5 heteroatoms. The van der Waals surface area contributed by atoms with Crippen LogP contribution in [0.5, 0.6) is 0 Å². The van der Waals surface area contributed by atoms with Crippen molar-refractivity contribution in [2.24, 2.45) is 5.92 Å². The maximum absolute atomic E-state index is 11.4. The number of rotatable bonds is 3. The summed E-state index contributed by atoms with van der Waals surface area (Å²) in [4.78, 5) is 15.5. The molecule has 0 spiro atoms. The standard InChI is InChI=1S/C9H16N4O/c1-5(2)9(14)10-6(3)8-11-7(4)12-13-8/h5-6H,1-4H3,(H,10,14)(H,11,12,13). The molecule has 1 aromatic heterocycles. The van der Waals surface area contributed by atoms with Gasteiger partial charge in [0.2, 0.25) is 5.91 Å². The second-order valence-electron chi connectivity index (χ2n) is 3.66. The van der Waals surface area contributed by atoms with Crippen LogP contribution in [0.25, 0.3) is 0 Å². The van der Waals surface area contributed by atoms with Crippen molar-refractivity contribution in [1.82, 2.24) is 20.5 Å². The van der Waals surface area contributed by atoms with Crippen LogP contribution < -0.4 is 5.32 Å². The molecule has 0 bridgehead atoms. The van der Waals surface area contributed by atoms with E-state index in [9.17, 15) is 4.79 Å². The lowest BCUT2D eigenvalue weighted by Crippen LogP contribution is -2.30. The number of aromatic nitrogens is 3. The smallest absolute Gasteiger partial charge is 0.223 e. The van der Waals surface area contributed by atoms with Gasteiger partial charge in [-0.05, 0) is 13.8 Å². The summed E-state index contributed by atoms with van der Waals surface area (Å²) in [7, 11) is 0. The van der Waals surface area contributed by atoms with Crippen LogP contribution >= 0.6 is 0 Å². The van der Waals surface area contributed by atoms with E-state index in [-0.39, 0.29) is 17.9 Å². The normalized spacial score (nSPS) is 12.9. The minimum absolute atomic E-state index is 0.0138. The molecule has 1 amide bonds. The van der Waals surface area contributed by atoms with Crippen molar-refractivity contribution in [2.75, 3.05) is 0 Å². The number of hydrogen-bond acceptors (Lipinski definition) is 3. The van der Waals surface area contributed by atoms with Gasteiger partial charge in [0.15, 0.2) is 5.82 Å². The lowest BCUT2D eigenvalue weighted by atomic mass is 10.2. The van der Waals surface area contributed by atoms with E-state index >= 15 is 0 Å². The van der Waals surface area contributed by atoms with Gasteiger partial charge in [-0.25, -0.2) is 4.98 Å². The third kappa shape index (κ3) is 2.55. The van der Waals surface area contributed by atoms with E-state index in [1.165, 1.54) is 0 Å². The molecule has 0 saturated heterocycles. The van der Waals surface area contributed by atoms with E-state index < -0.39 is 0 Å². The molecule has 0 saturated carbocycles. The van der Waals surface area contributed by atoms with Gasteiger partial charge in [-0.3, -0.25) is 9.89 Å². The zero-order valence-corrected chi connectivity index (χ0v) is 8.96. The molecule has 1 aromatic rings. The number of aryl methyl sites for hydroxylation is 1. The van der Waals surface area contributed by atoms with E-state index in [4.69, 9.17) is 0 Å². The van der Waals surface area contributed by atoms with Crippen molar-refractivity contribution >= 4 is 5.91 Å². The van der Waals surface area contributed by atoms with Gasteiger partial charge < -0.3 is 5.32 Å². The first kappa shape index (κ1) is 10.7. The summed E-state index contributed by atoms with van der Waals surface area (Å²) >= 11 is 0. The molecule has 0 aliphatic heterocycles. The molecule has 0 radical (unpaired) electrons. The Morgan fingerprint density at radius 3 is 2.50 bits per heavy atom. The Labute approximate surface area is 83.3 Å². The molecule has 78 valence electrons. The Bertz CT molecular complexity index is 318. The fourth-order valence-corrected chi connectivity index (χ4v) is 0.998. The van der Waals surface area contributed by atoms with Gasteiger partial charge in [0.1, 0.15) is 5.82 Å². The predicted octanol–water partition coefficient (Wildman–Crippen LogP) is 0.946. The van der Waals surface area contributed by atoms with Crippen LogP contribution in [-0.4, -0.2) is 21.1 Å². The molecule has 1 unspecified atom stereocenters. The summed E-state index contributed by atoms with van der Waals surface area (Å²) in [6.45, 7) is 7.40. The Kier molecular flexibility index (Phi) is 3.22. The molecule has 1 atom stereocenters. The molecule has 2 N–H and O–H groups in total. The first-order valence-electron chi connectivity index (χ1n) is 4.70. The molecule has 1 rings (SSSR count). The van der Waals surface area contributed by atoms with E-state index in [1.54, 1.807) is 0 Å². The molecule has 0 aliphatic rings. The molecule has 0 aromatic carbocycles. The van der Waals surface area contributed by atoms with E-state index in [1.807, 2.05) is 27.7 Å². The zero-order chi connectivity index (χ0) is 10.7. The second-order valence-corrected chi connectivity index (χ2v) is 3.66. The van der Waals surface area contributed by atoms with Gasteiger partial charge in [0.25, 0.3) is 0 Å². The monoisotopic (exact) mass is 196 g/mol. The summed E-state index contributed by atoms with van der Waals surface area (Å²) in [5.74, 6) is 1.37. The highest BCUT2D eigenvalue weighted by atomic mass is 16.1. The number of amides is 1. The highest BCUT2D eigenvalue weighted by Crippen LogP contribution is 2.06. The number of aromatic amines is 1. The zero-order valence-electron chi connectivity index (χ0n) is 8.96. The molecule has 0 fully saturated rings. The molecule has 14 heavy (non-hydrogen) atoms. The molecule has 5 nitrogen and oxygen atoms in total. The molecular formula is C9H16N4O. The van der Waals surface area contributed by atoms with E-state index in [2.05, 4.69) is 20.5 Å². The van der Waals surface area contributed by atoms with Crippen molar-refractivity contribution in [3.05, 3.63) is 11.6 Å². The fourth-order valence-electron chi connectivity index (χ4n) is 0.998. The van der Waals surface area contributed by atoms with Crippen LogP contribution in [0.1, 0.15) is 38.5 Å². The Hall–Kier alpha value is -1.39. The number of nitrogens with zero attached hydrogens (tertiary/aromatic N) is 2. The summed E-state index contributed by atoms with van der Waals surface area (Å²) in [6, 6.07) is -0.144. The van der Waals surface area contributed by atoms with Crippen molar-refractivity contribution in [3.8, 4) is 0 Å². The van der Waals surface area contributed by atoms with Gasteiger partial charge in [-0.1, -0.05) is 13.8 Å². The summed E-state index contributed by atoms with van der Waals surface area (Å²) in [6.07, 6.45) is 0. The van der Waals surface area contributed by atoms with Gasteiger partial charge in [0.05, 0.1) is 6.04 Å². The number of nitrogens with one attached hydrogen (secondary N) is 2. The highest BCUT2D eigenvalue weighted by molar-refractivity contribution is 5.78. The van der Waals surface area contributed by atoms with Crippen molar-refractivity contribution in [2.45, 2.75) is 33.7 Å². The summed E-state index contributed by atoms with van der Waals surface area (Å²) < 4.78 is 0. The van der Waals surface area contributed by atoms with Crippen LogP contribution in [0, 0.1) is 12.8 Å². The van der Waals surface area contributed by atoms with Crippen molar-refractivity contribution in [1.29, 1.82) is 0 Å². The van der Waals surface area contributed by atoms with Crippen LogP contribution in [0.2, 0.25) is 0 Å². The Balaban J connectivity index is 2.59. The third-order valence-corrected chi connectivity index (χ3v) is 1.88. The van der Waals surface area contributed by atoms with Crippen molar-refractivity contribution < 1.29 is 4.79 Å². The lowest BCUT2D eigenvalue weighted by molar-refractivity contribution is -0.124. The summed E-state index contributed by atoms with van der Waals surface area (Å²) in [5.41, 5.74) is 0. The topological polar surface area (TPSA) is 70.7 Å². The second kappa shape index (κ2) is 4.21. The van der Waals surface area contributed by atoms with Crippen LogP contribution in [0.4, 0.5) is 0 Å². The Morgan fingerprint density at radius 1 is 1.43 bits per heavy atom. The average molecular weight is 196 g/mol. The van der Waals surface area contributed by atoms with E-state index in [0.717, 1.165) is 5.82 Å². The number of H-pyrrole nitrogens is 1. The molecule has 1 heterocycles. The maximum atomic E-state index is 11.4. The van der Waals surface area contributed by atoms with Gasteiger partial charge in [-0.2, -0.15) is 5.10 Å². The Morgan fingerprint density at radius 2 is 2.07 bits per heavy atom. The number of carbonyl (C=O) groups excluding carboxylic acids is 1. The largest absolute Gasteiger partial charge is 0.346 e. The summed E-state index contributed by atoms with van der Waals surface area (Å²) in [5, 5.41) is 9.54. The number of hydrogen-bond donors (Lipinski definition) is 2. The minimum atomic E-state index is -0.144. The van der Waals surface area contributed by atoms with Crippen LogP contribution in [-0.2, 0) is 4.79 Å². The quantitative estimate of drug-likeness (QED) is 0.756. The first-order chi connectivity index (χ1) is 6.50. The van der Waals surface area contributed by atoms with E-state index in [0.29, 0.717) is 5.82 Å². The van der Waals surface area contributed by atoms with Crippen LogP contribution in [0.3, 0.4) is 0 Å². The SMILES string of the molecule is Cc1nc(C(C)NC(=O)C(C)C)n[nH]1. The highest BCUT2D eigenvalue weighted by Gasteiger charge is 2.15.